The third-order valence-electron chi connectivity index (χ3n) is 5.95. The Morgan fingerprint density at radius 1 is 1.03 bits per heavy atom. The van der Waals surface area contributed by atoms with Gasteiger partial charge in [0.25, 0.3) is 10.0 Å². The number of allylic oxidation sites excluding steroid dienone is 2. The predicted octanol–water partition coefficient (Wildman–Crippen LogP) is 4.39. The molecule has 2 aromatic carbocycles. The maximum Gasteiger partial charge on any atom is 0.264 e. The highest BCUT2D eigenvalue weighted by Gasteiger charge is 2.26. The standard InChI is InChI=1S/C24H29N3O4S/c1-31-21-12-9-19(10-13-21)26-32(29,30)23-17-20(11-14-22(23)27-15-5-6-16-27)25-24(28)18-7-3-2-4-8-18/h2-3,9-14,17-18,26H,4-8,15-16H2,1H3,(H,25,28)/t18-/m0/s1. The van der Waals surface area contributed by atoms with Gasteiger partial charge in [-0.05, 0) is 74.6 Å². The summed E-state index contributed by atoms with van der Waals surface area (Å²) in [5.74, 6) is 0.485. The van der Waals surface area contributed by atoms with Crippen molar-refractivity contribution >= 4 is 33.0 Å². The summed E-state index contributed by atoms with van der Waals surface area (Å²) in [5, 5.41) is 2.92. The molecule has 4 rings (SSSR count). The van der Waals surface area contributed by atoms with Crippen molar-refractivity contribution in [1.29, 1.82) is 0 Å². The van der Waals surface area contributed by atoms with Crippen LogP contribution < -0.4 is 19.7 Å². The van der Waals surface area contributed by atoms with E-state index >= 15 is 0 Å². The Balaban J connectivity index is 1.62. The average Bonchev–Trinajstić information content (AvgIpc) is 3.35. The molecule has 1 aliphatic carbocycles. The Hall–Kier alpha value is -3.00. The molecule has 2 N–H and O–H groups in total. The van der Waals surface area contributed by atoms with E-state index in [2.05, 4.69) is 21.0 Å². The highest BCUT2D eigenvalue weighted by Crippen LogP contribution is 2.33. The molecule has 1 amide bonds. The third kappa shape index (κ3) is 5.07. The number of nitrogens with one attached hydrogen (secondary N) is 2. The fraction of sp³-hybridized carbons (Fsp3) is 0.375. The minimum atomic E-state index is -3.88. The molecular weight excluding hydrogens is 426 g/mol. The van der Waals surface area contributed by atoms with Crippen molar-refractivity contribution in [3.05, 3.63) is 54.6 Å². The molecule has 2 aliphatic rings. The van der Waals surface area contributed by atoms with Crippen LogP contribution in [0, 0.1) is 5.92 Å². The first-order valence-electron chi connectivity index (χ1n) is 11.0. The molecule has 0 bridgehead atoms. The number of amides is 1. The molecule has 1 saturated heterocycles. The first-order valence-corrected chi connectivity index (χ1v) is 12.5. The zero-order chi connectivity index (χ0) is 22.6. The van der Waals surface area contributed by atoms with Gasteiger partial charge < -0.3 is 15.0 Å². The molecule has 1 aliphatic heterocycles. The van der Waals surface area contributed by atoms with Crippen LogP contribution in [0.3, 0.4) is 0 Å². The first kappa shape index (κ1) is 22.2. The second-order valence-corrected chi connectivity index (χ2v) is 9.83. The Bertz CT molecular complexity index is 1090. The molecule has 0 aromatic heterocycles. The molecule has 32 heavy (non-hydrogen) atoms. The highest BCUT2D eigenvalue weighted by atomic mass is 32.2. The number of ether oxygens (including phenoxy) is 1. The van der Waals surface area contributed by atoms with Gasteiger partial charge in [-0.25, -0.2) is 8.42 Å². The van der Waals surface area contributed by atoms with Crippen LogP contribution in [0.2, 0.25) is 0 Å². The lowest BCUT2D eigenvalue weighted by molar-refractivity contribution is -0.120. The van der Waals surface area contributed by atoms with Crippen molar-refractivity contribution in [2.45, 2.75) is 37.0 Å². The van der Waals surface area contributed by atoms with Gasteiger partial charge in [0, 0.05) is 30.4 Å². The lowest BCUT2D eigenvalue weighted by Crippen LogP contribution is -2.25. The smallest absolute Gasteiger partial charge is 0.264 e. The number of sulfonamides is 1. The quantitative estimate of drug-likeness (QED) is 0.605. The Kier molecular flexibility index (Phi) is 6.69. The van der Waals surface area contributed by atoms with Crippen molar-refractivity contribution in [1.82, 2.24) is 0 Å². The van der Waals surface area contributed by atoms with Crippen LogP contribution in [0.5, 0.6) is 5.75 Å². The first-order chi connectivity index (χ1) is 15.5. The van der Waals surface area contributed by atoms with Crippen LogP contribution in [0.15, 0.2) is 59.5 Å². The molecule has 170 valence electrons. The lowest BCUT2D eigenvalue weighted by Gasteiger charge is -2.23. The molecule has 0 spiro atoms. The van der Waals surface area contributed by atoms with Gasteiger partial charge >= 0.3 is 0 Å². The second kappa shape index (κ2) is 9.65. The number of hydrogen-bond donors (Lipinski definition) is 2. The molecule has 1 heterocycles. The number of methoxy groups -OCH3 is 1. The molecule has 7 nitrogen and oxygen atoms in total. The van der Waals surface area contributed by atoms with Crippen molar-refractivity contribution in [3.63, 3.8) is 0 Å². The van der Waals surface area contributed by atoms with E-state index in [0.717, 1.165) is 38.8 Å². The fourth-order valence-electron chi connectivity index (χ4n) is 4.17. The maximum atomic E-state index is 13.4. The number of rotatable bonds is 7. The van der Waals surface area contributed by atoms with Crippen LogP contribution >= 0.6 is 0 Å². The number of carbonyl (C=O) groups is 1. The number of hydrogen-bond acceptors (Lipinski definition) is 5. The zero-order valence-corrected chi connectivity index (χ0v) is 19.0. The number of carbonyl (C=O) groups excluding carboxylic acids is 1. The van der Waals surface area contributed by atoms with Gasteiger partial charge in [0.15, 0.2) is 0 Å². The normalized spacial score (nSPS) is 18.4. The van der Waals surface area contributed by atoms with E-state index in [1.165, 1.54) is 0 Å². The largest absolute Gasteiger partial charge is 0.497 e. The van der Waals surface area contributed by atoms with Crippen molar-refractivity contribution in [3.8, 4) is 5.75 Å². The number of anilines is 3. The van der Waals surface area contributed by atoms with E-state index in [0.29, 0.717) is 29.2 Å². The predicted molar refractivity (Wildman–Crippen MR) is 127 cm³/mol. The monoisotopic (exact) mass is 455 g/mol. The van der Waals surface area contributed by atoms with E-state index in [1.807, 2.05) is 6.08 Å². The van der Waals surface area contributed by atoms with Crippen LogP contribution in [0.4, 0.5) is 17.1 Å². The molecule has 1 fully saturated rings. The van der Waals surface area contributed by atoms with Crippen molar-refractivity contribution in [2.24, 2.45) is 5.92 Å². The minimum Gasteiger partial charge on any atom is -0.497 e. The van der Waals surface area contributed by atoms with Gasteiger partial charge in [-0.2, -0.15) is 0 Å². The number of benzene rings is 2. The molecule has 8 heteroatoms. The maximum absolute atomic E-state index is 13.4. The molecule has 0 saturated carbocycles. The fourth-order valence-corrected chi connectivity index (χ4v) is 5.48. The van der Waals surface area contributed by atoms with Crippen LogP contribution in [0.1, 0.15) is 32.1 Å². The van der Waals surface area contributed by atoms with Gasteiger partial charge in [0.1, 0.15) is 10.6 Å². The summed E-state index contributed by atoms with van der Waals surface area (Å²) in [7, 11) is -2.32. The summed E-state index contributed by atoms with van der Waals surface area (Å²) in [6, 6.07) is 11.9. The van der Waals surface area contributed by atoms with Gasteiger partial charge in [0.05, 0.1) is 12.8 Å². The lowest BCUT2D eigenvalue weighted by atomic mass is 9.93. The van der Waals surface area contributed by atoms with Gasteiger partial charge in [-0.3, -0.25) is 9.52 Å². The Morgan fingerprint density at radius 3 is 2.41 bits per heavy atom. The van der Waals surface area contributed by atoms with Gasteiger partial charge in [0.2, 0.25) is 5.91 Å². The number of nitrogens with zero attached hydrogens (tertiary/aromatic N) is 1. The summed E-state index contributed by atoms with van der Waals surface area (Å²) >= 11 is 0. The highest BCUT2D eigenvalue weighted by molar-refractivity contribution is 7.92. The van der Waals surface area contributed by atoms with E-state index in [4.69, 9.17) is 4.74 Å². The summed E-state index contributed by atoms with van der Waals surface area (Å²) in [5.41, 5.74) is 1.59. The summed E-state index contributed by atoms with van der Waals surface area (Å²) in [4.78, 5) is 14.9. The molecular formula is C24H29N3O4S. The summed E-state index contributed by atoms with van der Waals surface area (Å²) in [6.45, 7) is 1.62. The van der Waals surface area contributed by atoms with Gasteiger partial charge in [-0.1, -0.05) is 12.2 Å². The topological polar surface area (TPSA) is 87.7 Å². The summed E-state index contributed by atoms with van der Waals surface area (Å²) in [6.07, 6.45) is 8.57. The van der Waals surface area contributed by atoms with Crippen LogP contribution in [-0.4, -0.2) is 34.5 Å². The van der Waals surface area contributed by atoms with E-state index < -0.39 is 10.0 Å². The molecule has 0 unspecified atom stereocenters. The Morgan fingerprint density at radius 2 is 1.75 bits per heavy atom. The molecule has 0 radical (unpaired) electrons. The van der Waals surface area contributed by atoms with Crippen LogP contribution in [0.25, 0.3) is 0 Å². The second-order valence-electron chi connectivity index (χ2n) is 8.18. The zero-order valence-electron chi connectivity index (χ0n) is 18.2. The van der Waals surface area contributed by atoms with E-state index in [-0.39, 0.29) is 16.7 Å². The minimum absolute atomic E-state index is 0.0743. The molecule has 2 aromatic rings. The average molecular weight is 456 g/mol. The summed E-state index contributed by atoms with van der Waals surface area (Å²) < 4.78 is 34.6. The Labute approximate surface area is 189 Å². The van der Waals surface area contributed by atoms with E-state index in [9.17, 15) is 13.2 Å². The van der Waals surface area contributed by atoms with Crippen LogP contribution in [-0.2, 0) is 14.8 Å². The van der Waals surface area contributed by atoms with E-state index in [1.54, 1.807) is 49.6 Å². The SMILES string of the molecule is COc1ccc(NS(=O)(=O)c2cc(NC(=O)[C@H]3CC=CCC3)ccc2N2CCCC2)cc1. The van der Waals surface area contributed by atoms with Crippen molar-refractivity contribution < 1.29 is 17.9 Å². The third-order valence-corrected chi connectivity index (χ3v) is 7.36. The molecule has 1 atom stereocenters. The van der Waals surface area contributed by atoms with Crippen molar-refractivity contribution in [2.75, 3.05) is 35.1 Å². The van der Waals surface area contributed by atoms with Gasteiger partial charge in [-0.15, -0.1) is 0 Å².